The number of ketones is 1. The van der Waals surface area contributed by atoms with Crippen molar-refractivity contribution in [3.63, 3.8) is 0 Å². The van der Waals surface area contributed by atoms with Crippen molar-refractivity contribution in [2.24, 2.45) is 0 Å². The smallest absolute Gasteiger partial charge is 0.306 e. The predicted molar refractivity (Wildman–Crippen MR) is 106 cm³/mol. The number of hydrogen-bond acceptors (Lipinski definition) is 6. The van der Waals surface area contributed by atoms with Crippen molar-refractivity contribution in [1.82, 2.24) is 10.3 Å². The Morgan fingerprint density at radius 1 is 1.07 bits per heavy atom. The maximum atomic E-state index is 12.1. The molecule has 3 aromatic rings. The molecular weight excluding hydrogens is 372 g/mol. The molecule has 29 heavy (non-hydrogen) atoms. The third-order valence-corrected chi connectivity index (χ3v) is 4.35. The second-order valence-corrected chi connectivity index (χ2v) is 6.66. The van der Waals surface area contributed by atoms with E-state index in [1.165, 1.54) is 6.92 Å². The second-order valence-electron chi connectivity index (χ2n) is 6.66. The molecule has 0 aliphatic rings. The summed E-state index contributed by atoms with van der Waals surface area (Å²) in [6.45, 7) is 0.977. The van der Waals surface area contributed by atoms with Crippen molar-refractivity contribution in [1.29, 1.82) is 0 Å². The van der Waals surface area contributed by atoms with Gasteiger partial charge in [0.1, 0.15) is 5.52 Å². The van der Waals surface area contributed by atoms with Crippen LogP contribution in [0.3, 0.4) is 0 Å². The monoisotopic (exact) mass is 394 g/mol. The standard InChI is InChI=1S/C22H22N2O5/c1-15(25)18(13-16-7-3-2-4-8-16)23-20(26)14-28-22(27)12-11-21-24-17-9-5-6-10-19(17)29-21/h2-10,18H,11-14H2,1H3,(H,23,26)/t18-/m0/s1. The van der Waals surface area contributed by atoms with Crippen LogP contribution >= 0.6 is 0 Å². The highest BCUT2D eigenvalue weighted by molar-refractivity contribution is 5.88. The first kappa shape index (κ1) is 20.3. The molecule has 0 aliphatic heterocycles. The number of nitrogens with one attached hydrogen (secondary N) is 1. The number of rotatable bonds is 9. The molecule has 1 N–H and O–H groups in total. The molecule has 1 heterocycles. The lowest BCUT2D eigenvalue weighted by molar-refractivity contribution is -0.148. The van der Waals surface area contributed by atoms with Gasteiger partial charge in [0.15, 0.2) is 23.9 Å². The number of hydrogen-bond donors (Lipinski definition) is 1. The van der Waals surface area contributed by atoms with Crippen molar-refractivity contribution in [3.05, 3.63) is 66.1 Å². The van der Waals surface area contributed by atoms with E-state index in [-0.39, 0.29) is 18.6 Å². The molecule has 7 nitrogen and oxygen atoms in total. The van der Waals surface area contributed by atoms with Crippen LogP contribution in [0, 0.1) is 0 Å². The van der Waals surface area contributed by atoms with Gasteiger partial charge in [0.25, 0.3) is 5.91 Å². The summed E-state index contributed by atoms with van der Waals surface area (Å²) in [5, 5.41) is 2.62. The Morgan fingerprint density at radius 3 is 2.52 bits per heavy atom. The lowest BCUT2D eigenvalue weighted by Crippen LogP contribution is -2.43. The van der Waals surface area contributed by atoms with Crippen molar-refractivity contribution < 1.29 is 23.5 Å². The maximum Gasteiger partial charge on any atom is 0.306 e. The average molecular weight is 394 g/mol. The molecular formula is C22H22N2O5. The predicted octanol–water partition coefficient (Wildman–Crippen LogP) is 2.62. The number of carbonyl (C=O) groups excluding carboxylic acids is 3. The lowest BCUT2D eigenvalue weighted by atomic mass is 10.0. The fourth-order valence-electron chi connectivity index (χ4n) is 2.84. The highest BCUT2D eigenvalue weighted by Gasteiger charge is 2.18. The quantitative estimate of drug-likeness (QED) is 0.560. The summed E-state index contributed by atoms with van der Waals surface area (Å²) in [5.41, 5.74) is 2.32. The molecule has 1 amide bonds. The number of Topliss-reactive ketones (excluding diaryl/α,β-unsaturated/α-hetero) is 1. The topological polar surface area (TPSA) is 98.5 Å². The van der Waals surface area contributed by atoms with Crippen LogP contribution in [-0.2, 0) is 32.0 Å². The molecule has 0 unspecified atom stereocenters. The van der Waals surface area contributed by atoms with E-state index in [1.54, 1.807) is 6.07 Å². The van der Waals surface area contributed by atoms with Crippen molar-refractivity contribution in [2.75, 3.05) is 6.61 Å². The van der Waals surface area contributed by atoms with Gasteiger partial charge in [-0.25, -0.2) is 4.98 Å². The highest BCUT2D eigenvalue weighted by Crippen LogP contribution is 2.15. The minimum absolute atomic E-state index is 0.0419. The van der Waals surface area contributed by atoms with Crippen LogP contribution < -0.4 is 5.32 Å². The third kappa shape index (κ3) is 6.00. The molecule has 0 saturated carbocycles. The van der Waals surface area contributed by atoms with Crippen LogP contribution in [0.15, 0.2) is 59.0 Å². The SMILES string of the molecule is CC(=O)[C@H](Cc1ccccc1)NC(=O)COC(=O)CCc1nc2ccccc2o1. The molecule has 150 valence electrons. The molecule has 1 aromatic heterocycles. The first-order chi connectivity index (χ1) is 14.0. The van der Waals surface area contributed by atoms with E-state index in [4.69, 9.17) is 9.15 Å². The highest BCUT2D eigenvalue weighted by atomic mass is 16.5. The summed E-state index contributed by atoms with van der Waals surface area (Å²) in [6, 6.07) is 16.0. The summed E-state index contributed by atoms with van der Waals surface area (Å²) in [4.78, 5) is 40.1. The first-order valence-electron chi connectivity index (χ1n) is 9.35. The summed E-state index contributed by atoms with van der Waals surface area (Å²) >= 11 is 0. The molecule has 3 rings (SSSR count). The van der Waals surface area contributed by atoms with Gasteiger partial charge >= 0.3 is 5.97 Å². The largest absolute Gasteiger partial charge is 0.456 e. The van der Waals surface area contributed by atoms with Crippen LogP contribution in [0.5, 0.6) is 0 Å². The Bertz CT molecular complexity index is 964. The molecule has 0 bridgehead atoms. The number of benzene rings is 2. The Labute approximate surface area is 168 Å². The average Bonchev–Trinajstić information content (AvgIpc) is 3.14. The van der Waals surface area contributed by atoms with Gasteiger partial charge in [0, 0.05) is 6.42 Å². The molecule has 1 atom stereocenters. The molecule has 0 saturated heterocycles. The van der Waals surface area contributed by atoms with Gasteiger partial charge in [-0.2, -0.15) is 0 Å². The Hall–Kier alpha value is -3.48. The van der Waals surface area contributed by atoms with E-state index in [0.717, 1.165) is 11.1 Å². The number of ether oxygens (including phenoxy) is 1. The normalized spacial score (nSPS) is 11.8. The number of fused-ring (bicyclic) bond motifs is 1. The van der Waals surface area contributed by atoms with E-state index in [0.29, 0.717) is 17.9 Å². The fraction of sp³-hybridized carbons (Fsp3) is 0.273. The lowest BCUT2D eigenvalue weighted by Gasteiger charge is -2.16. The summed E-state index contributed by atoms with van der Waals surface area (Å²) < 4.78 is 10.5. The zero-order valence-electron chi connectivity index (χ0n) is 16.1. The first-order valence-corrected chi connectivity index (χ1v) is 9.35. The summed E-state index contributed by atoms with van der Waals surface area (Å²) in [6.07, 6.45) is 0.701. The molecule has 7 heteroatoms. The van der Waals surface area contributed by atoms with Gasteiger partial charge in [-0.3, -0.25) is 14.4 Å². The van der Waals surface area contributed by atoms with E-state index in [2.05, 4.69) is 10.3 Å². The number of oxazole rings is 1. The Morgan fingerprint density at radius 2 is 1.79 bits per heavy atom. The molecule has 0 radical (unpaired) electrons. The zero-order valence-corrected chi connectivity index (χ0v) is 16.1. The molecule has 0 fully saturated rings. The molecule has 0 aliphatic carbocycles. The zero-order chi connectivity index (χ0) is 20.6. The minimum Gasteiger partial charge on any atom is -0.456 e. The van der Waals surface area contributed by atoms with Crippen molar-refractivity contribution in [2.45, 2.75) is 32.2 Å². The Kier molecular flexibility index (Phi) is 6.73. The van der Waals surface area contributed by atoms with E-state index in [1.807, 2.05) is 48.5 Å². The van der Waals surface area contributed by atoms with Gasteiger partial charge in [0.05, 0.1) is 12.5 Å². The number of amides is 1. The van der Waals surface area contributed by atoms with Gasteiger partial charge < -0.3 is 14.5 Å². The van der Waals surface area contributed by atoms with E-state index >= 15 is 0 Å². The molecule has 2 aromatic carbocycles. The van der Waals surface area contributed by atoms with Gasteiger partial charge in [-0.15, -0.1) is 0 Å². The van der Waals surface area contributed by atoms with Gasteiger partial charge in [-0.1, -0.05) is 42.5 Å². The Balaban J connectivity index is 1.43. The second kappa shape index (κ2) is 9.64. The number of aromatic nitrogens is 1. The van der Waals surface area contributed by atoms with Crippen molar-refractivity contribution in [3.8, 4) is 0 Å². The van der Waals surface area contributed by atoms with Crippen molar-refractivity contribution >= 4 is 28.8 Å². The van der Waals surface area contributed by atoms with Crippen LogP contribution in [0.2, 0.25) is 0 Å². The number of carbonyl (C=O) groups is 3. The number of aryl methyl sites for hydroxylation is 1. The fourth-order valence-corrected chi connectivity index (χ4v) is 2.84. The van der Waals surface area contributed by atoms with Crippen LogP contribution in [0.25, 0.3) is 11.1 Å². The third-order valence-electron chi connectivity index (χ3n) is 4.35. The van der Waals surface area contributed by atoms with Crippen LogP contribution in [0.4, 0.5) is 0 Å². The van der Waals surface area contributed by atoms with Crippen LogP contribution in [-0.4, -0.2) is 35.3 Å². The summed E-state index contributed by atoms with van der Waals surface area (Å²) in [5.74, 6) is -0.780. The molecule has 0 spiro atoms. The summed E-state index contributed by atoms with van der Waals surface area (Å²) in [7, 11) is 0. The van der Waals surface area contributed by atoms with Crippen LogP contribution in [0.1, 0.15) is 24.8 Å². The number of nitrogens with zero attached hydrogens (tertiary/aromatic N) is 1. The van der Waals surface area contributed by atoms with Gasteiger partial charge in [0.2, 0.25) is 0 Å². The van der Waals surface area contributed by atoms with Gasteiger partial charge in [-0.05, 0) is 31.0 Å². The number of esters is 1. The minimum atomic E-state index is -0.664. The van der Waals surface area contributed by atoms with E-state index in [9.17, 15) is 14.4 Å². The number of para-hydroxylation sites is 2. The maximum absolute atomic E-state index is 12.1. The van der Waals surface area contributed by atoms with E-state index < -0.39 is 24.5 Å².